The van der Waals surface area contributed by atoms with Crippen LogP contribution in [-0.4, -0.2) is 37.5 Å². The molecule has 5 rings (SSSR count). The van der Waals surface area contributed by atoms with Gasteiger partial charge in [0, 0.05) is 61.5 Å². The van der Waals surface area contributed by atoms with Gasteiger partial charge in [-0.25, -0.2) is 4.98 Å². The minimum absolute atomic E-state index is 0.0948. The molecule has 1 fully saturated rings. The molecule has 6 heteroatoms. The summed E-state index contributed by atoms with van der Waals surface area (Å²) >= 11 is 0. The summed E-state index contributed by atoms with van der Waals surface area (Å²) in [5.74, 6) is 1.91. The Morgan fingerprint density at radius 2 is 2.08 bits per heavy atom. The SMILES string of the molecule is O=c1cc(-c2ccccn2)cc2n1C[C@H]1C[C@@H]2CN(Cc2ncc[nH]2)C1. The molecular weight excluding hydrogens is 326 g/mol. The molecule has 5 heterocycles. The summed E-state index contributed by atoms with van der Waals surface area (Å²) in [6, 6.07) is 9.71. The standard InChI is InChI=1S/C20H21N5O/c26-20-9-15(17-3-1-2-4-21-17)8-18-16-7-14(11-25(18)20)10-24(12-16)13-19-22-5-6-23-19/h1-6,8-9,14,16H,7,10-13H2,(H,22,23)/t14-,16+/m0/s1. The summed E-state index contributed by atoms with van der Waals surface area (Å²) in [7, 11) is 0. The van der Waals surface area contributed by atoms with E-state index in [1.54, 1.807) is 18.5 Å². The minimum atomic E-state index is 0.0948. The van der Waals surface area contributed by atoms with Crippen LogP contribution in [0.15, 0.2) is 53.7 Å². The Hall–Kier alpha value is -2.73. The summed E-state index contributed by atoms with van der Waals surface area (Å²) in [6.07, 6.45) is 6.59. The average Bonchev–Trinajstić information content (AvgIpc) is 3.16. The van der Waals surface area contributed by atoms with Gasteiger partial charge in [-0.1, -0.05) is 6.07 Å². The molecule has 0 unspecified atom stereocenters. The number of H-pyrrole nitrogens is 1. The topological polar surface area (TPSA) is 66.8 Å². The average molecular weight is 347 g/mol. The molecule has 1 saturated heterocycles. The van der Waals surface area contributed by atoms with E-state index in [4.69, 9.17) is 0 Å². The lowest BCUT2D eigenvalue weighted by Gasteiger charge is -2.42. The van der Waals surface area contributed by atoms with Crippen LogP contribution in [0.1, 0.15) is 23.9 Å². The predicted octanol–water partition coefficient (Wildman–Crippen LogP) is 2.25. The molecule has 6 nitrogen and oxygen atoms in total. The fourth-order valence-corrected chi connectivity index (χ4v) is 4.46. The van der Waals surface area contributed by atoms with Crippen molar-refractivity contribution in [3.8, 4) is 11.3 Å². The summed E-state index contributed by atoms with van der Waals surface area (Å²) in [4.78, 5) is 27.2. The highest BCUT2D eigenvalue weighted by atomic mass is 16.1. The number of imidazole rings is 1. The highest BCUT2D eigenvalue weighted by Crippen LogP contribution is 2.36. The van der Waals surface area contributed by atoms with Crippen molar-refractivity contribution in [2.75, 3.05) is 13.1 Å². The van der Waals surface area contributed by atoms with Crippen LogP contribution in [0.5, 0.6) is 0 Å². The Labute approximate surface area is 151 Å². The molecule has 2 aliphatic rings. The van der Waals surface area contributed by atoms with Gasteiger partial charge in [-0.2, -0.15) is 0 Å². The van der Waals surface area contributed by atoms with Crippen LogP contribution < -0.4 is 5.56 Å². The Morgan fingerprint density at radius 3 is 2.88 bits per heavy atom. The number of hydrogen-bond donors (Lipinski definition) is 1. The number of nitrogens with one attached hydrogen (secondary N) is 1. The third kappa shape index (κ3) is 2.76. The van der Waals surface area contributed by atoms with Gasteiger partial charge >= 0.3 is 0 Å². The maximum atomic E-state index is 12.7. The highest BCUT2D eigenvalue weighted by Gasteiger charge is 2.35. The summed E-state index contributed by atoms with van der Waals surface area (Å²) < 4.78 is 1.98. The van der Waals surface area contributed by atoms with Crippen LogP contribution in [0, 0.1) is 5.92 Å². The molecule has 0 aliphatic carbocycles. The smallest absolute Gasteiger partial charge is 0.251 e. The van der Waals surface area contributed by atoms with Gasteiger partial charge in [-0.05, 0) is 30.5 Å². The Balaban J connectivity index is 1.48. The van der Waals surface area contributed by atoms with E-state index in [1.807, 2.05) is 29.0 Å². The zero-order valence-corrected chi connectivity index (χ0v) is 14.5. The summed E-state index contributed by atoms with van der Waals surface area (Å²) in [5, 5.41) is 0. The number of piperidine rings is 1. The fourth-order valence-electron chi connectivity index (χ4n) is 4.46. The molecule has 0 aromatic carbocycles. The molecular formula is C20H21N5O. The van der Waals surface area contributed by atoms with Crippen molar-refractivity contribution in [1.29, 1.82) is 0 Å². The third-order valence-electron chi connectivity index (χ3n) is 5.52. The Morgan fingerprint density at radius 1 is 1.12 bits per heavy atom. The van der Waals surface area contributed by atoms with Gasteiger partial charge in [0.15, 0.2) is 0 Å². The zero-order valence-electron chi connectivity index (χ0n) is 14.5. The first-order chi connectivity index (χ1) is 12.8. The number of fused-ring (bicyclic) bond motifs is 4. The number of likely N-dealkylation sites (tertiary alicyclic amines) is 1. The van der Waals surface area contributed by atoms with Gasteiger partial charge in [0.25, 0.3) is 5.56 Å². The second kappa shape index (κ2) is 6.21. The lowest BCUT2D eigenvalue weighted by atomic mass is 9.82. The van der Waals surface area contributed by atoms with E-state index in [-0.39, 0.29) is 5.56 Å². The molecule has 132 valence electrons. The van der Waals surface area contributed by atoms with E-state index in [1.165, 1.54) is 0 Å². The number of pyridine rings is 2. The van der Waals surface area contributed by atoms with Crippen molar-refractivity contribution in [3.05, 3.63) is 70.8 Å². The molecule has 1 N–H and O–H groups in total. The first-order valence-electron chi connectivity index (χ1n) is 9.13. The molecule has 2 bridgehead atoms. The predicted molar refractivity (Wildman–Crippen MR) is 98.6 cm³/mol. The molecule has 2 aliphatic heterocycles. The van der Waals surface area contributed by atoms with Crippen molar-refractivity contribution >= 4 is 0 Å². The molecule has 3 aromatic heterocycles. The van der Waals surface area contributed by atoms with Crippen molar-refractivity contribution in [2.45, 2.75) is 25.4 Å². The van der Waals surface area contributed by atoms with Gasteiger partial charge < -0.3 is 9.55 Å². The molecule has 0 radical (unpaired) electrons. The van der Waals surface area contributed by atoms with Crippen molar-refractivity contribution < 1.29 is 0 Å². The Kier molecular flexibility index (Phi) is 3.71. The van der Waals surface area contributed by atoms with Crippen molar-refractivity contribution in [2.24, 2.45) is 5.92 Å². The van der Waals surface area contributed by atoms with Gasteiger partial charge in [-0.3, -0.25) is 14.7 Å². The molecule has 3 aromatic rings. The van der Waals surface area contributed by atoms with Crippen LogP contribution in [0.25, 0.3) is 11.3 Å². The monoisotopic (exact) mass is 347 g/mol. The van der Waals surface area contributed by atoms with Crippen LogP contribution in [0.3, 0.4) is 0 Å². The van der Waals surface area contributed by atoms with E-state index in [2.05, 4.69) is 25.9 Å². The van der Waals surface area contributed by atoms with Crippen LogP contribution in [-0.2, 0) is 13.1 Å². The lowest BCUT2D eigenvalue weighted by molar-refractivity contribution is 0.112. The van der Waals surface area contributed by atoms with E-state index in [0.717, 1.165) is 55.4 Å². The van der Waals surface area contributed by atoms with Crippen LogP contribution in [0.2, 0.25) is 0 Å². The van der Waals surface area contributed by atoms with Crippen LogP contribution in [0.4, 0.5) is 0 Å². The molecule has 0 spiro atoms. The van der Waals surface area contributed by atoms with Gasteiger partial charge in [0.05, 0.1) is 12.2 Å². The zero-order chi connectivity index (χ0) is 17.5. The van der Waals surface area contributed by atoms with Crippen molar-refractivity contribution in [1.82, 2.24) is 24.4 Å². The minimum Gasteiger partial charge on any atom is -0.348 e. The Bertz CT molecular complexity index is 964. The van der Waals surface area contributed by atoms with Gasteiger partial charge in [0.2, 0.25) is 0 Å². The maximum Gasteiger partial charge on any atom is 0.251 e. The number of nitrogens with zero attached hydrogens (tertiary/aromatic N) is 4. The second-order valence-electron chi connectivity index (χ2n) is 7.36. The number of aromatic nitrogens is 4. The normalized spacial score (nSPS) is 22.2. The molecule has 2 atom stereocenters. The quantitative estimate of drug-likeness (QED) is 0.789. The molecule has 0 saturated carbocycles. The first-order valence-corrected chi connectivity index (χ1v) is 9.13. The number of rotatable bonds is 3. The van der Waals surface area contributed by atoms with Gasteiger partial charge in [0.1, 0.15) is 5.82 Å². The van der Waals surface area contributed by atoms with Crippen LogP contribution >= 0.6 is 0 Å². The highest BCUT2D eigenvalue weighted by molar-refractivity contribution is 5.59. The van der Waals surface area contributed by atoms with E-state index < -0.39 is 0 Å². The molecule has 26 heavy (non-hydrogen) atoms. The maximum absolute atomic E-state index is 12.7. The largest absolute Gasteiger partial charge is 0.348 e. The first kappa shape index (κ1) is 15.5. The third-order valence-corrected chi connectivity index (χ3v) is 5.52. The van der Waals surface area contributed by atoms with Gasteiger partial charge in [-0.15, -0.1) is 0 Å². The van der Waals surface area contributed by atoms with E-state index in [0.29, 0.717) is 11.8 Å². The molecule has 0 amide bonds. The fraction of sp³-hybridized carbons (Fsp3) is 0.350. The van der Waals surface area contributed by atoms with E-state index >= 15 is 0 Å². The number of hydrogen-bond acceptors (Lipinski definition) is 4. The second-order valence-corrected chi connectivity index (χ2v) is 7.36. The van der Waals surface area contributed by atoms with Crippen molar-refractivity contribution in [3.63, 3.8) is 0 Å². The summed E-state index contributed by atoms with van der Waals surface area (Å²) in [5.41, 5.74) is 3.03. The van der Waals surface area contributed by atoms with E-state index in [9.17, 15) is 4.79 Å². The number of aromatic amines is 1. The summed E-state index contributed by atoms with van der Waals surface area (Å²) in [6.45, 7) is 3.62. The lowest BCUT2D eigenvalue weighted by Crippen LogP contribution is -2.46.